The van der Waals surface area contributed by atoms with Gasteiger partial charge in [-0.1, -0.05) is 23.2 Å². The van der Waals surface area contributed by atoms with E-state index < -0.39 is 27.4 Å². The molecule has 29 heavy (non-hydrogen) atoms. The molecule has 154 valence electrons. The van der Waals surface area contributed by atoms with Crippen molar-refractivity contribution in [2.24, 2.45) is 5.10 Å². The van der Waals surface area contributed by atoms with Gasteiger partial charge in [0.1, 0.15) is 6.54 Å². The Hall–Kier alpha value is -2.69. The third-order valence-electron chi connectivity index (χ3n) is 3.70. The molecule has 0 aromatic heterocycles. The second kappa shape index (κ2) is 9.21. The number of rotatable bonds is 7. The van der Waals surface area contributed by atoms with Crippen LogP contribution in [0.1, 0.15) is 11.1 Å². The Morgan fingerprint density at radius 1 is 1.28 bits per heavy atom. The van der Waals surface area contributed by atoms with E-state index in [-0.39, 0.29) is 16.3 Å². The lowest BCUT2D eigenvalue weighted by Gasteiger charge is -2.23. The van der Waals surface area contributed by atoms with E-state index in [9.17, 15) is 23.3 Å². The van der Waals surface area contributed by atoms with Crippen LogP contribution in [-0.2, 0) is 14.8 Å². The van der Waals surface area contributed by atoms with Crippen LogP contribution in [0.3, 0.4) is 0 Å². The van der Waals surface area contributed by atoms with Gasteiger partial charge in [0.2, 0.25) is 10.0 Å². The van der Waals surface area contributed by atoms with Gasteiger partial charge in [0.25, 0.3) is 11.6 Å². The largest absolute Gasteiger partial charge is 0.271 e. The van der Waals surface area contributed by atoms with E-state index in [1.807, 2.05) is 0 Å². The molecule has 0 aliphatic carbocycles. The molecule has 0 saturated carbocycles. The number of carbonyl (C=O) groups excluding carboxylic acids is 1. The van der Waals surface area contributed by atoms with Crippen molar-refractivity contribution < 1.29 is 18.1 Å². The predicted octanol–water partition coefficient (Wildman–Crippen LogP) is 3.13. The highest BCUT2D eigenvalue weighted by molar-refractivity contribution is 7.92. The molecule has 0 aliphatic heterocycles. The third kappa shape index (κ3) is 6.14. The van der Waals surface area contributed by atoms with Gasteiger partial charge in [-0.25, -0.2) is 13.8 Å². The lowest BCUT2D eigenvalue weighted by Crippen LogP contribution is -2.39. The number of carbonyl (C=O) groups is 1. The lowest BCUT2D eigenvalue weighted by molar-refractivity contribution is -0.384. The molecule has 9 nitrogen and oxygen atoms in total. The van der Waals surface area contributed by atoms with Gasteiger partial charge >= 0.3 is 0 Å². The summed E-state index contributed by atoms with van der Waals surface area (Å²) in [5.74, 6) is -0.720. The number of hydrazone groups is 1. The highest BCUT2D eigenvalue weighted by Crippen LogP contribution is 2.25. The second-order valence-electron chi connectivity index (χ2n) is 5.96. The number of benzene rings is 2. The highest BCUT2D eigenvalue weighted by Gasteiger charge is 2.22. The third-order valence-corrected chi connectivity index (χ3v) is 5.40. The van der Waals surface area contributed by atoms with Crippen molar-refractivity contribution in [1.82, 2.24) is 5.43 Å². The molecule has 2 aromatic carbocycles. The summed E-state index contributed by atoms with van der Waals surface area (Å²) in [6, 6.07) is 8.35. The fourth-order valence-electron chi connectivity index (χ4n) is 2.36. The van der Waals surface area contributed by atoms with Gasteiger partial charge < -0.3 is 0 Å². The van der Waals surface area contributed by atoms with Crippen molar-refractivity contribution in [1.29, 1.82) is 0 Å². The summed E-state index contributed by atoms with van der Waals surface area (Å²) in [7, 11) is -3.77. The fourth-order valence-corrected chi connectivity index (χ4v) is 3.67. The van der Waals surface area contributed by atoms with Crippen LogP contribution >= 0.6 is 23.2 Å². The standard InChI is InChI=1S/C17H16Cl2N4O5S/c1-11-7-13(18)3-6-16(11)22(29(2,27)28)10-17(24)21-20-9-12-8-14(23(25)26)4-5-15(12)19/h3-9H,10H2,1-2H3,(H,21,24)/b20-9-. The Labute approximate surface area is 177 Å². The molecule has 2 aromatic rings. The van der Waals surface area contributed by atoms with E-state index in [4.69, 9.17) is 23.2 Å². The Bertz CT molecular complexity index is 1090. The number of nitrogens with one attached hydrogen (secondary N) is 1. The minimum atomic E-state index is -3.77. The summed E-state index contributed by atoms with van der Waals surface area (Å²) in [4.78, 5) is 22.4. The van der Waals surface area contributed by atoms with Crippen LogP contribution in [0.25, 0.3) is 0 Å². The zero-order valence-electron chi connectivity index (χ0n) is 15.3. The van der Waals surface area contributed by atoms with Crippen LogP contribution in [0.5, 0.6) is 0 Å². The highest BCUT2D eigenvalue weighted by atomic mass is 35.5. The first-order valence-corrected chi connectivity index (χ1v) is 10.6. The van der Waals surface area contributed by atoms with Gasteiger partial charge in [-0.05, 0) is 36.8 Å². The average Bonchev–Trinajstić information content (AvgIpc) is 2.60. The summed E-state index contributed by atoms with van der Waals surface area (Å²) < 4.78 is 25.2. The number of nitrogens with zero attached hydrogens (tertiary/aromatic N) is 3. The number of nitro groups is 1. The van der Waals surface area contributed by atoms with E-state index >= 15 is 0 Å². The topological polar surface area (TPSA) is 122 Å². The average molecular weight is 459 g/mol. The summed E-state index contributed by atoms with van der Waals surface area (Å²) >= 11 is 11.8. The maximum atomic E-state index is 12.2. The van der Waals surface area contributed by atoms with Gasteiger partial charge in [0, 0.05) is 27.7 Å². The van der Waals surface area contributed by atoms with Gasteiger partial charge in [0.15, 0.2) is 0 Å². The molecule has 0 radical (unpaired) electrons. The molecule has 1 N–H and O–H groups in total. The molecular formula is C17H16Cl2N4O5S. The molecule has 0 aliphatic rings. The number of anilines is 1. The van der Waals surface area contributed by atoms with Crippen molar-refractivity contribution >= 4 is 56.7 Å². The molecule has 0 fully saturated rings. The van der Waals surface area contributed by atoms with Crippen molar-refractivity contribution in [3.63, 3.8) is 0 Å². The number of hydrogen-bond donors (Lipinski definition) is 1. The summed E-state index contributed by atoms with van der Waals surface area (Å²) in [6.07, 6.45) is 2.10. The van der Waals surface area contributed by atoms with Crippen LogP contribution in [0.4, 0.5) is 11.4 Å². The van der Waals surface area contributed by atoms with Crippen molar-refractivity contribution in [2.45, 2.75) is 6.92 Å². The van der Waals surface area contributed by atoms with Crippen molar-refractivity contribution in [3.8, 4) is 0 Å². The first-order chi connectivity index (χ1) is 13.5. The van der Waals surface area contributed by atoms with Gasteiger partial charge in [0.05, 0.1) is 23.1 Å². The predicted molar refractivity (Wildman–Crippen MR) is 112 cm³/mol. The van der Waals surface area contributed by atoms with Crippen LogP contribution in [0.15, 0.2) is 41.5 Å². The monoisotopic (exact) mass is 458 g/mol. The molecule has 0 atom stereocenters. The maximum Gasteiger partial charge on any atom is 0.270 e. The molecule has 0 heterocycles. The molecule has 12 heteroatoms. The van der Waals surface area contributed by atoms with Crippen LogP contribution in [0.2, 0.25) is 10.0 Å². The summed E-state index contributed by atoms with van der Waals surface area (Å²) in [5.41, 5.74) is 3.08. The quantitative estimate of drug-likeness (QED) is 0.387. The van der Waals surface area contributed by atoms with E-state index in [1.165, 1.54) is 30.3 Å². The number of hydrogen-bond acceptors (Lipinski definition) is 6. The fraction of sp³-hybridized carbons (Fsp3) is 0.176. The normalized spacial score (nSPS) is 11.4. The van der Waals surface area contributed by atoms with E-state index in [2.05, 4.69) is 10.5 Å². The lowest BCUT2D eigenvalue weighted by atomic mass is 10.2. The minimum absolute atomic E-state index is 0.191. The van der Waals surface area contributed by atoms with Crippen LogP contribution in [-0.4, -0.2) is 38.3 Å². The minimum Gasteiger partial charge on any atom is -0.271 e. The number of nitro benzene ring substituents is 1. The number of halogens is 2. The van der Waals surface area contributed by atoms with Gasteiger partial charge in [-0.2, -0.15) is 5.10 Å². The summed E-state index contributed by atoms with van der Waals surface area (Å²) in [6.45, 7) is 1.14. The number of aryl methyl sites for hydroxylation is 1. The van der Waals surface area contributed by atoms with Crippen LogP contribution < -0.4 is 9.73 Å². The van der Waals surface area contributed by atoms with Gasteiger partial charge in [-0.3, -0.25) is 19.2 Å². The summed E-state index contributed by atoms with van der Waals surface area (Å²) in [5, 5.41) is 15.1. The Kier molecular flexibility index (Phi) is 7.17. The zero-order valence-corrected chi connectivity index (χ0v) is 17.6. The molecule has 0 unspecified atom stereocenters. The Morgan fingerprint density at radius 2 is 1.97 bits per heavy atom. The van der Waals surface area contributed by atoms with E-state index in [0.717, 1.165) is 16.8 Å². The molecule has 0 bridgehead atoms. The van der Waals surface area contributed by atoms with E-state index in [0.29, 0.717) is 16.3 Å². The molecule has 0 saturated heterocycles. The van der Waals surface area contributed by atoms with E-state index in [1.54, 1.807) is 13.0 Å². The van der Waals surface area contributed by atoms with Crippen molar-refractivity contribution in [2.75, 3.05) is 17.1 Å². The molecule has 2 rings (SSSR count). The number of non-ortho nitro benzene ring substituents is 1. The maximum absolute atomic E-state index is 12.2. The molecule has 1 amide bonds. The van der Waals surface area contributed by atoms with Crippen LogP contribution in [0, 0.1) is 17.0 Å². The Balaban J connectivity index is 2.16. The SMILES string of the molecule is Cc1cc(Cl)ccc1N(CC(=O)N/N=C\c1cc([N+](=O)[O-])ccc1Cl)S(C)(=O)=O. The smallest absolute Gasteiger partial charge is 0.270 e. The molecular weight excluding hydrogens is 443 g/mol. The Morgan fingerprint density at radius 3 is 2.55 bits per heavy atom. The number of sulfonamides is 1. The molecule has 0 spiro atoms. The van der Waals surface area contributed by atoms with Crippen molar-refractivity contribution in [3.05, 3.63) is 67.7 Å². The first-order valence-electron chi connectivity index (χ1n) is 7.98. The zero-order chi connectivity index (χ0) is 21.8. The first kappa shape index (κ1) is 22.6. The number of amides is 1. The second-order valence-corrected chi connectivity index (χ2v) is 8.71. The van der Waals surface area contributed by atoms with Gasteiger partial charge in [-0.15, -0.1) is 0 Å².